The fourth-order valence-corrected chi connectivity index (χ4v) is 3.54. The molecule has 0 aliphatic carbocycles. The second-order valence-corrected chi connectivity index (χ2v) is 7.63. The van der Waals surface area contributed by atoms with Crippen LogP contribution in [0.15, 0.2) is 18.3 Å². The van der Waals surface area contributed by atoms with Gasteiger partial charge in [-0.2, -0.15) is 0 Å². The van der Waals surface area contributed by atoms with Gasteiger partial charge in [-0.05, 0) is 50.8 Å². The van der Waals surface area contributed by atoms with E-state index in [0.29, 0.717) is 17.8 Å². The maximum Gasteiger partial charge on any atom is 0.222 e. The molecule has 0 amide bonds. The molecule has 0 aromatic carbocycles. The van der Waals surface area contributed by atoms with Gasteiger partial charge in [-0.1, -0.05) is 27.2 Å². The van der Waals surface area contributed by atoms with Crippen molar-refractivity contribution >= 4 is 11.2 Å². The monoisotopic (exact) mass is 366 g/mol. The van der Waals surface area contributed by atoms with Crippen LogP contribution in [-0.2, 0) is 0 Å². The Morgan fingerprint density at radius 3 is 2.44 bits per heavy atom. The van der Waals surface area contributed by atoms with Gasteiger partial charge in [0.1, 0.15) is 5.52 Å². The van der Waals surface area contributed by atoms with Gasteiger partial charge in [-0.25, -0.2) is 15.0 Å². The topological polar surface area (TPSA) is 52.8 Å². The summed E-state index contributed by atoms with van der Waals surface area (Å²) in [6, 6.07) is 4.51. The Hall–Kier alpha value is -2.43. The third-order valence-electron chi connectivity index (χ3n) is 5.11. The van der Waals surface area contributed by atoms with Crippen LogP contribution in [0, 0.1) is 13.8 Å². The molecule has 0 spiro atoms. The van der Waals surface area contributed by atoms with Crippen molar-refractivity contribution in [1.82, 2.24) is 19.5 Å². The van der Waals surface area contributed by atoms with Crippen LogP contribution in [0.3, 0.4) is 0 Å². The summed E-state index contributed by atoms with van der Waals surface area (Å²) in [5, 5.41) is 0. The molecule has 0 aliphatic rings. The number of pyridine rings is 1. The van der Waals surface area contributed by atoms with Crippen LogP contribution in [0.5, 0.6) is 5.88 Å². The van der Waals surface area contributed by atoms with Gasteiger partial charge in [0.2, 0.25) is 5.88 Å². The third kappa shape index (κ3) is 3.55. The van der Waals surface area contributed by atoms with Crippen LogP contribution in [0.25, 0.3) is 22.4 Å². The van der Waals surface area contributed by atoms with Crippen molar-refractivity contribution in [3.8, 4) is 17.1 Å². The van der Waals surface area contributed by atoms with Gasteiger partial charge in [0.05, 0.1) is 24.1 Å². The van der Waals surface area contributed by atoms with Crippen LogP contribution in [0.2, 0.25) is 0 Å². The van der Waals surface area contributed by atoms with Crippen molar-refractivity contribution in [2.24, 2.45) is 0 Å². The average Bonchev–Trinajstić information content (AvgIpc) is 2.96. The van der Waals surface area contributed by atoms with Crippen LogP contribution in [0.4, 0.5) is 0 Å². The van der Waals surface area contributed by atoms with Crippen LogP contribution in [-0.4, -0.2) is 26.6 Å². The quantitative estimate of drug-likeness (QED) is 0.569. The number of ether oxygens (including phenoxy) is 1. The van der Waals surface area contributed by atoms with Gasteiger partial charge >= 0.3 is 0 Å². The van der Waals surface area contributed by atoms with Crippen molar-refractivity contribution in [3.63, 3.8) is 0 Å². The molecule has 1 unspecified atom stereocenters. The summed E-state index contributed by atoms with van der Waals surface area (Å²) in [4.78, 5) is 14.6. The predicted octanol–water partition coefficient (Wildman–Crippen LogP) is 5.60. The Labute approximate surface area is 161 Å². The standard InChI is InChI=1S/C22H30N4O/c1-8-9-15(5)26-12-14(4)19-21(26)23-16(6)20(25-19)17-10-11-18(13(2)3)24-22(17)27-7/h10-13,15H,8-9H2,1-7H3. The van der Waals surface area contributed by atoms with E-state index in [1.807, 2.05) is 6.92 Å². The minimum absolute atomic E-state index is 0.346. The normalized spacial score (nSPS) is 12.7. The maximum atomic E-state index is 5.58. The SMILES string of the molecule is CCCC(C)n1cc(C)c2nc(-c3ccc(C(C)C)nc3OC)c(C)nc21. The number of nitrogens with zero attached hydrogens (tertiary/aromatic N) is 4. The minimum Gasteiger partial charge on any atom is -0.480 e. The highest BCUT2D eigenvalue weighted by Crippen LogP contribution is 2.33. The van der Waals surface area contributed by atoms with E-state index in [-0.39, 0.29) is 0 Å². The van der Waals surface area contributed by atoms with Crippen LogP contribution < -0.4 is 4.74 Å². The van der Waals surface area contributed by atoms with Crippen LogP contribution in [0.1, 0.15) is 69.4 Å². The third-order valence-corrected chi connectivity index (χ3v) is 5.11. The van der Waals surface area contributed by atoms with Gasteiger partial charge in [0.25, 0.3) is 0 Å². The van der Waals surface area contributed by atoms with Gasteiger partial charge in [-0.15, -0.1) is 0 Å². The lowest BCUT2D eigenvalue weighted by atomic mass is 10.1. The van der Waals surface area contributed by atoms with Gasteiger partial charge in [-0.3, -0.25) is 0 Å². The summed E-state index contributed by atoms with van der Waals surface area (Å²) >= 11 is 0. The zero-order valence-corrected chi connectivity index (χ0v) is 17.5. The zero-order chi connectivity index (χ0) is 19.7. The molecule has 3 aromatic rings. The largest absolute Gasteiger partial charge is 0.480 e. The molecule has 3 heterocycles. The van der Waals surface area contributed by atoms with Crippen molar-refractivity contribution in [3.05, 3.63) is 35.3 Å². The fraction of sp³-hybridized carbons (Fsp3) is 0.500. The van der Waals surface area contributed by atoms with E-state index >= 15 is 0 Å². The number of hydrogen-bond donors (Lipinski definition) is 0. The minimum atomic E-state index is 0.346. The highest BCUT2D eigenvalue weighted by Gasteiger charge is 2.19. The lowest BCUT2D eigenvalue weighted by molar-refractivity contribution is 0.397. The molecule has 0 aliphatic heterocycles. The van der Waals surface area contributed by atoms with E-state index in [1.54, 1.807) is 7.11 Å². The molecule has 3 aromatic heterocycles. The molecule has 27 heavy (non-hydrogen) atoms. The number of rotatable bonds is 6. The first-order valence-electron chi connectivity index (χ1n) is 9.78. The molecular formula is C22H30N4O. The van der Waals surface area contributed by atoms with E-state index in [2.05, 4.69) is 62.5 Å². The molecule has 5 heteroatoms. The highest BCUT2D eigenvalue weighted by molar-refractivity contribution is 5.80. The fourth-order valence-electron chi connectivity index (χ4n) is 3.54. The second kappa shape index (κ2) is 7.67. The summed E-state index contributed by atoms with van der Waals surface area (Å²) in [7, 11) is 1.66. The molecule has 0 N–H and O–H groups in total. The number of fused-ring (bicyclic) bond motifs is 1. The summed E-state index contributed by atoms with van der Waals surface area (Å²) in [5.74, 6) is 0.952. The van der Waals surface area contributed by atoms with Crippen LogP contribution >= 0.6 is 0 Å². The molecule has 1 atom stereocenters. The van der Waals surface area contributed by atoms with Gasteiger partial charge in [0, 0.05) is 17.9 Å². The summed E-state index contributed by atoms with van der Waals surface area (Å²) in [6.07, 6.45) is 4.45. The molecule has 0 fully saturated rings. The number of aromatic nitrogens is 4. The van der Waals surface area contributed by atoms with E-state index in [9.17, 15) is 0 Å². The summed E-state index contributed by atoms with van der Waals surface area (Å²) in [5.41, 5.74) is 6.69. The Balaban J connectivity index is 2.17. The predicted molar refractivity (Wildman–Crippen MR) is 110 cm³/mol. The highest BCUT2D eigenvalue weighted by atomic mass is 16.5. The van der Waals surface area contributed by atoms with E-state index in [0.717, 1.165) is 52.2 Å². The summed E-state index contributed by atoms with van der Waals surface area (Å²) < 4.78 is 7.84. The average molecular weight is 367 g/mol. The molecule has 0 radical (unpaired) electrons. The van der Waals surface area contributed by atoms with Crippen molar-refractivity contribution < 1.29 is 4.74 Å². The number of methoxy groups -OCH3 is 1. The first-order valence-corrected chi connectivity index (χ1v) is 9.78. The van der Waals surface area contributed by atoms with Gasteiger partial charge < -0.3 is 9.30 Å². The van der Waals surface area contributed by atoms with E-state index in [4.69, 9.17) is 14.7 Å². The Morgan fingerprint density at radius 1 is 1.07 bits per heavy atom. The van der Waals surface area contributed by atoms with E-state index < -0.39 is 0 Å². The maximum absolute atomic E-state index is 5.58. The lowest BCUT2D eigenvalue weighted by Gasteiger charge is -2.15. The zero-order valence-electron chi connectivity index (χ0n) is 17.5. The molecule has 144 valence electrons. The number of hydrogen-bond acceptors (Lipinski definition) is 4. The smallest absolute Gasteiger partial charge is 0.222 e. The molecule has 3 rings (SSSR count). The first kappa shape index (κ1) is 19.3. The lowest BCUT2D eigenvalue weighted by Crippen LogP contribution is -2.06. The Morgan fingerprint density at radius 2 is 1.81 bits per heavy atom. The number of aryl methyl sites for hydroxylation is 2. The summed E-state index contributed by atoms with van der Waals surface area (Å²) in [6.45, 7) is 12.8. The van der Waals surface area contributed by atoms with Crippen molar-refractivity contribution in [1.29, 1.82) is 0 Å². The van der Waals surface area contributed by atoms with Crippen molar-refractivity contribution in [2.75, 3.05) is 7.11 Å². The van der Waals surface area contributed by atoms with Gasteiger partial charge in [0.15, 0.2) is 5.65 Å². The molecule has 0 saturated heterocycles. The molecular weight excluding hydrogens is 336 g/mol. The first-order chi connectivity index (χ1) is 12.9. The second-order valence-electron chi connectivity index (χ2n) is 7.63. The molecule has 0 bridgehead atoms. The molecule has 5 nitrogen and oxygen atoms in total. The van der Waals surface area contributed by atoms with E-state index in [1.165, 1.54) is 0 Å². The Kier molecular flexibility index (Phi) is 5.49. The van der Waals surface area contributed by atoms with Crippen molar-refractivity contribution in [2.45, 2.75) is 66.3 Å². The Bertz CT molecular complexity index is 959. The molecule has 0 saturated carbocycles.